The van der Waals surface area contributed by atoms with E-state index in [1.165, 1.54) is 13.3 Å². The Kier molecular flexibility index (Phi) is 8.04. The third kappa shape index (κ3) is 5.69. The van der Waals surface area contributed by atoms with Gasteiger partial charge in [-0.3, -0.25) is 19.6 Å². The number of benzene rings is 2. The van der Waals surface area contributed by atoms with Gasteiger partial charge in [-0.1, -0.05) is 6.42 Å². The number of unbranched alkanes of at least 4 members (excludes halogenated alkanes) is 2. The van der Waals surface area contributed by atoms with Crippen molar-refractivity contribution in [1.29, 1.82) is 0 Å². The van der Waals surface area contributed by atoms with Crippen molar-refractivity contribution in [3.8, 4) is 11.5 Å². The lowest BCUT2D eigenvalue weighted by Crippen LogP contribution is -2.35. The Bertz CT molecular complexity index is 1170. The van der Waals surface area contributed by atoms with Gasteiger partial charge >= 0.3 is 0 Å². The number of ether oxygens (including phenoxy) is 2. The zero-order valence-corrected chi connectivity index (χ0v) is 18.6. The minimum absolute atomic E-state index is 0.0197. The minimum Gasteiger partial charge on any atom is -0.497 e. The van der Waals surface area contributed by atoms with Gasteiger partial charge in [0, 0.05) is 35.8 Å². The zero-order valence-electron chi connectivity index (χ0n) is 18.6. The van der Waals surface area contributed by atoms with E-state index in [1.807, 2.05) is 0 Å². The molecule has 174 valence electrons. The molecule has 0 saturated heterocycles. The maximum absolute atomic E-state index is 13.5. The second-order valence-corrected chi connectivity index (χ2v) is 7.44. The number of rotatable bonds is 10. The lowest BCUT2D eigenvalue weighted by Gasteiger charge is -2.23. The van der Waals surface area contributed by atoms with E-state index in [0.717, 1.165) is 0 Å². The molecule has 9 nitrogen and oxygen atoms in total. The molecule has 2 amide bonds. The molecule has 0 bridgehead atoms. The average molecular weight is 453 g/mol. The van der Waals surface area contributed by atoms with Crippen LogP contribution in [0.4, 0.5) is 5.69 Å². The number of carbonyl (C=O) groups excluding carboxylic acids is 2. The monoisotopic (exact) mass is 453 g/mol. The molecule has 3 N–H and O–H groups in total. The Morgan fingerprint density at radius 2 is 1.70 bits per heavy atom. The maximum Gasteiger partial charge on any atom is 0.263 e. The first-order valence-electron chi connectivity index (χ1n) is 10.6. The molecule has 33 heavy (non-hydrogen) atoms. The number of anilines is 1. The number of hydrogen-bond acceptors (Lipinski definition) is 6. The van der Waals surface area contributed by atoms with Crippen LogP contribution in [0.15, 0.2) is 53.5 Å². The maximum atomic E-state index is 13.5. The van der Waals surface area contributed by atoms with Crippen LogP contribution in [0.25, 0.3) is 10.9 Å². The van der Waals surface area contributed by atoms with Gasteiger partial charge in [-0.15, -0.1) is 0 Å². The van der Waals surface area contributed by atoms with Crippen molar-refractivity contribution in [2.75, 3.05) is 25.7 Å². The number of hydroxylamine groups is 1. The Hall–Kier alpha value is -3.85. The van der Waals surface area contributed by atoms with Gasteiger partial charge in [-0.25, -0.2) is 5.48 Å². The smallest absolute Gasteiger partial charge is 0.263 e. The largest absolute Gasteiger partial charge is 0.497 e. The van der Waals surface area contributed by atoms with Gasteiger partial charge in [0.25, 0.3) is 5.91 Å². The van der Waals surface area contributed by atoms with Crippen LogP contribution < -0.4 is 25.3 Å². The van der Waals surface area contributed by atoms with Crippen molar-refractivity contribution in [1.82, 2.24) is 10.5 Å². The molecule has 0 aliphatic heterocycles. The van der Waals surface area contributed by atoms with E-state index in [9.17, 15) is 14.4 Å². The number of H-pyrrole nitrogens is 1. The molecule has 9 heteroatoms. The molecule has 0 spiro atoms. The van der Waals surface area contributed by atoms with E-state index in [4.69, 9.17) is 14.7 Å². The highest BCUT2D eigenvalue weighted by Gasteiger charge is 2.22. The quantitative estimate of drug-likeness (QED) is 0.246. The first kappa shape index (κ1) is 23.8. The molecule has 0 radical (unpaired) electrons. The highest BCUT2D eigenvalue weighted by molar-refractivity contribution is 6.07. The minimum atomic E-state index is -0.448. The molecule has 0 saturated carbocycles. The second kappa shape index (κ2) is 11.1. The summed E-state index contributed by atoms with van der Waals surface area (Å²) in [4.78, 5) is 42.4. The number of amides is 2. The summed E-state index contributed by atoms with van der Waals surface area (Å²) in [5.41, 5.74) is 2.47. The van der Waals surface area contributed by atoms with E-state index in [1.54, 1.807) is 60.0 Å². The van der Waals surface area contributed by atoms with Crippen LogP contribution in [-0.2, 0) is 4.79 Å². The predicted octanol–water partition coefficient (Wildman–Crippen LogP) is 3.26. The Balaban J connectivity index is 1.88. The standard InChI is InChI=1S/C24H27N3O6/c1-32-17-9-7-16(8-10-17)27(13-5-3-4-6-22(28)26-31)24(30)20-15-25-21-12-11-18(33-2)14-19(21)23(20)29/h7-12,14-15,31H,3-6,13H2,1-2H3,(H,25,29)(H,26,28). The van der Waals surface area contributed by atoms with Crippen LogP contribution in [0.3, 0.4) is 0 Å². The average Bonchev–Trinajstić information content (AvgIpc) is 2.86. The highest BCUT2D eigenvalue weighted by atomic mass is 16.5. The molecule has 3 aromatic rings. The zero-order chi connectivity index (χ0) is 23.8. The summed E-state index contributed by atoms with van der Waals surface area (Å²) in [6.07, 6.45) is 3.46. The second-order valence-electron chi connectivity index (χ2n) is 7.44. The van der Waals surface area contributed by atoms with Crippen molar-refractivity contribution in [3.63, 3.8) is 0 Å². The number of aromatic nitrogens is 1. The Morgan fingerprint density at radius 1 is 1.00 bits per heavy atom. The molecular formula is C24H27N3O6. The van der Waals surface area contributed by atoms with Crippen LogP contribution in [0.2, 0.25) is 0 Å². The van der Waals surface area contributed by atoms with Crippen LogP contribution in [0.1, 0.15) is 36.0 Å². The predicted molar refractivity (Wildman–Crippen MR) is 124 cm³/mol. The van der Waals surface area contributed by atoms with E-state index in [-0.39, 0.29) is 17.4 Å². The lowest BCUT2D eigenvalue weighted by atomic mass is 10.1. The number of fused-ring (bicyclic) bond motifs is 1. The Morgan fingerprint density at radius 3 is 2.36 bits per heavy atom. The fourth-order valence-corrected chi connectivity index (χ4v) is 3.53. The van der Waals surface area contributed by atoms with Gasteiger partial charge in [0.05, 0.1) is 14.2 Å². The molecule has 0 aliphatic rings. The molecule has 1 aromatic heterocycles. The lowest BCUT2D eigenvalue weighted by molar-refractivity contribution is -0.129. The fourth-order valence-electron chi connectivity index (χ4n) is 3.53. The molecule has 0 unspecified atom stereocenters. The first-order valence-corrected chi connectivity index (χ1v) is 10.6. The number of nitrogens with zero attached hydrogens (tertiary/aromatic N) is 1. The van der Waals surface area contributed by atoms with Gasteiger partial charge in [-0.05, 0) is 55.3 Å². The van der Waals surface area contributed by atoms with Crippen molar-refractivity contribution in [2.24, 2.45) is 0 Å². The Labute approximate surface area is 190 Å². The highest BCUT2D eigenvalue weighted by Crippen LogP contribution is 2.23. The molecule has 3 rings (SSSR count). The molecule has 0 atom stereocenters. The number of hydrogen-bond donors (Lipinski definition) is 3. The van der Waals surface area contributed by atoms with E-state index in [2.05, 4.69) is 4.98 Å². The van der Waals surface area contributed by atoms with Gasteiger partial charge in [0.1, 0.15) is 17.1 Å². The summed E-state index contributed by atoms with van der Waals surface area (Å²) >= 11 is 0. The third-order valence-electron chi connectivity index (χ3n) is 5.36. The third-order valence-corrected chi connectivity index (χ3v) is 5.36. The van der Waals surface area contributed by atoms with Crippen molar-refractivity contribution < 1.29 is 24.3 Å². The number of pyridine rings is 1. The topological polar surface area (TPSA) is 121 Å². The van der Waals surface area contributed by atoms with Crippen LogP contribution in [0, 0.1) is 0 Å². The van der Waals surface area contributed by atoms with Gasteiger partial charge in [-0.2, -0.15) is 0 Å². The number of carbonyl (C=O) groups is 2. The number of methoxy groups -OCH3 is 2. The van der Waals surface area contributed by atoms with Crippen molar-refractivity contribution in [2.45, 2.75) is 25.7 Å². The summed E-state index contributed by atoms with van der Waals surface area (Å²) in [5.74, 6) is 0.295. The molecule has 0 aliphatic carbocycles. The van der Waals surface area contributed by atoms with E-state index in [0.29, 0.717) is 53.9 Å². The van der Waals surface area contributed by atoms with Gasteiger partial charge < -0.3 is 19.4 Å². The van der Waals surface area contributed by atoms with Crippen molar-refractivity contribution >= 4 is 28.4 Å². The molecular weight excluding hydrogens is 426 g/mol. The SMILES string of the molecule is COc1ccc(N(CCCCCC(=O)NO)C(=O)c2c[nH]c3ccc(OC)cc3c2=O)cc1. The van der Waals surface area contributed by atoms with Crippen LogP contribution in [0.5, 0.6) is 11.5 Å². The van der Waals surface area contributed by atoms with E-state index >= 15 is 0 Å². The fraction of sp³-hybridized carbons (Fsp3) is 0.292. The summed E-state index contributed by atoms with van der Waals surface area (Å²) < 4.78 is 10.4. The van der Waals surface area contributed by atoms with Crippen LogP contribution >= 0.6 is 0 Å². The number of aromatic amines is 1. The summed E-state index contributed by atoms with van der Waals surface area (Å²) in [6.45, 7) is 0.349. The van der Waals surface area contributed by atoms with Gasteiger partial charge in [0.15, 0.2) is 0 Å². The van der Waals surface area contributed by atoms with Crippen LogP contribution in [-0.4, -0.2) is 42.8 Å². The molecule has 0 fully saturated rings. The summed E-state index contributed by atoms with van der Waals surface area (Å²) in [7, 11) is 3.07. The molecule has 2 aromatic carbocycles. The summed E-state index contributed by atoms with van der Waals surface area (Å²) in [5, 5.41) is 8.97. The number of nitrogens with one attached hydrogen (secondary N) is 2. The van der Waals surface area contributed by atoms with E-state index < -0.39 is 11.8 Å². The first-order chi connectivity index (χ1) is 16.0. The van der Waals surface area contributed by atoms with Gasteiger partial charge in [0.2, 0.25) is 11.3 Å². The summed E-state index contributed by atoms with van der Waals surface area (Å²) in [6, 6.07) is 12.1. The molecule has 1 heterocycles. The normalized spacial score (nSPS) is 10.6. The van der Waals surface area contributed by atoms with Crippen molar-refractivity contribution in [3.05, 3.63) is 64.4 Å².